The van der Waals surface area contributed by atoms with Crippen molar-refractivity contribution in [1.29, 1.82) is 0 Å². The maximum absolute atomic E-state index is 11.0. The van der Waals surface area contributed by atoms with Crippen LogP contribution in [0.4, 0.5) is 0 Å². The quantitative estimate of drug-likeness (QED) is 0.682. The number of rotatable bonds is 3. The van der Waals surface area contributed by atoms with Crippen LogP contribution in [0.15, 0.2) is 0 Å². The zero-order chi connectivity index (χ0) is 9.90. The van der Waals surface area contributed by atoms with Gasteiger partial charge < -0.3 is 14.9 Å². The summed E-state index contributed by atoms with van der Waals surface area (Å²) in [6, 6.07) is 0. The van der Waals surface area contributed by atoms with Crippen molar-refractivity contribution in [1.82, 2.24) is 0 Å². The molecule has 0 amide bonds. The molecule has 0 aromatic rings. The number of methoxy groups -OCH3 is 1. The van der Waals surface area contributed by atoms with E-state index in [1.165, 1.54) is 0 Å². The number of carbonyl (C=O) groups is 1. The number of hydrogen-bond donors (Lipinski definition) is 2. The number of aliphatic carboxylic acids is 1. The Morgan fingerprint density at radius 1 is 1.69 bits per heavy atom. The molecule has 1 aliphatic rings. The minimum absolute atomic E-state index is 0.0167. The summed E-state index contributed by atoms with van der Waals surface area (Å²) in [5.74, 6) is -0.906. The van der Waals surface area contributed by atoms with Crippen molar-refractivity contribution >= 4 is 5.97 Å². The summed E-state index contributed by atoms with van der Waals surface area (Å²) in [7, 11) is 1.58. The van der Waals surface area contributed by atoms with Crippen LogP contribution in [-0.2, 0) is 9.53 Å². The fraction of sp³-hybridized carbons (Fsp3) is 0.889. The molecule has 0 aromatic heterocycles. The molecular weight excluding hydrogens is 172 g/mol. The van der Waals surface area contributed by atoms with E-state index in [2.05, 4.69) is 0 Å². The van der Waals surface area contributed by atoms with Crippen molar-refractivity contribution < 1.29 is 19.7 Å². The highest BCUT2D eigenvalue weighted by molar-refractivity contribution is 5.75. The molecule has 1 fully saturated rings. The van der Waals surface area contributed by atoms with Gasteiger partial charge in [-0.05, 0) is 25.7 Å². The average Bonchev–Trinajstić information content (AvgIpc) is 2.17. The molecule has 0 saturated heterocycles. The van der Waals surface area contributed by atoms with E-state index in [0.717, 1.165) is 12.8 Å². The van der Waals surface area contributed by atoms with Gasteiger partial charge in [-0.15, -0.1) is 0 Å². The summed E-state index contributed by atoms with van der Waals surface area (Å²) in [6.45, 7) is -0.289. The van der Waals surface area contributed by atoms with Gasteiger partial charge in [0.15, 0.2) is 0 Å². The summed E-state index contributed by atoms with van der Waals surface area (Å²) >= 11 is 0. The van der Waals surface area contributed by atoms with Crippen molar-refractivity contribution in [3.8, 4) is 0 Å². The highest BCUT2D eigenvalue weighted by Crippen LogP contribution is 2.37. The van der Waals surface area contributed by atoms with Gasteiger partial charge in [0.05, 0.1) is 18.1 Å². The molecule has 0 heterocycles. The molecule has 0 aromatic carbocycles. The maximum atomic E-state index is 11.0. The zero-order valence-corrected chi connectivity index (χ0v) is 7.82. The number of hydrogen-bond acceptors (Lipinski definition) is 3. The lowest BCUT2D eigenvalue weighted by Crippen LogP contribution is -2.41. The number of ether oxygens (including phenoxy) is 1. The Morgan fingerprint density at radius 3 is 2.85 bits per heavy atom. The second kappa shape index (κ2) is 4.07. The van der Waals surface area contributed by atoms with E-state index in [0.29, 0.717) is 12.8 Å². The smallest absolute Gasteiger partial charge is 0.312 e. The van der Waals surface area contributed by atoms with Crippen LogP contribution in [0.2, 0.25) is 0 Å². The molecule has 2 atom stereocenters. The van der Waals surface area contributed by atoms with Crippen LogP contribution < -0.4 is 0 Å². The normalized spacial score (nSPS) is 34.5. The lowest BCUT2D eigenvalue weighted by Gasteiger charge is -2.35. The lowest BCUT2D eigenvalue weighted by atomic mass is 9.73. The highest BCUT2D eigenvalue weighted by Gasteiger charge is 2.42. The SMILES string of the molecule is COC1CCCC(CO)(C(=O)O)C1. The first-order valence-corrected chi connectivity index (χ1v) is 4.52. The van der Waals surface area contributed by atoms with Crippen molar-refractivity contribution in [2.75, 3.05) is 13.7 Å². The van der Waals surface area contributed by atoms with Crippen molar-refractivity contribution in [2.24, 2.45) is 5.41 Å². The average molecular weight is 188 g/mol. The van der Waals surface area contributed by atoms with Gasteiger partial charge in [-0.25, -0.2) is 0 Å². The first-order chi connectivity index (χ1) is 6.14. The minimum atomic E-state index is -0.959. The lowest BCUT2D eigenvalue weighted by molar-refractivity contribution is -0.157. The van der Waals surface area contributed by atoms with Crippen LogP contribution >= 0.6 is 0 Å². The van der Waals surface area contributed by atoms with Crippen LogP contribution in [0.3, 0.4) is 0 Å². The summed E-state index contributed by atoms with van der Waals surface area (Å²) in [5, 5.41) is 18.1. The van der Waals surface area contributed by atoms with E-state index >= 15 is 0 Å². The third-order valence-corrected chi connectivity index (χ3v) is 2.89. The van der Waals surface area contributed by atoms with Gasteiger partial charge in [-0.2, -0.15) is 0 Å². The molecule has 2 N–H and O–H groups in total. The highest BCUT2D eigenvalue weighted by atomic mass is 16.5. The molecule has 1 saturated carbocycles. The number of aliphatic hydroxyl groups excluding tert-OH is 1. The first kappa shape index (κ1) is 10.5. The predicted octanol–water partition coefficient (Wildman–Crippen LogP) is 0.639. The van der Waals surface area contributed by atoms with E-state index in [1.54, 1.807) is 7.11 Å². The van der Waals surface area contributed by atoms with Gasteiger partial charge in [0.25, 0.3) is 0 Å². The predicted molar refractivity (Wildman–Crippen MR) is 46.4 cm³/mol. The summed E-state index contributed by atoms with van der Waals surface area (Å²) in [4.78, 5) is 11.0. The van der Waals surface area contributed by atoms with Gasteiger partial charge in [0.2, 0.25) is 0 Å². The largest absolute Gasteiger partial charge is 0.481 e. The van der Waals surface area contributed by atoms with Crippen molar-refractivity contribution in [3.63, 3.8) is 0 Å². The van der Waals surface area contributed by atoms with Crippen molar-refractivity contribution in [2.45, 2.75) is 31.8 Å². The van der Waals surface area contributed by atoms with E-state index in [9.17, 15) is 4.79 Å². The van der Waals surface area contributed by atoms with E-state index in [-0.39, 0.29) is 12.7 Å². The van der Waals surface area contributed by atoms with Crippen molar-refractivity contribution in [3.05, 3.63) is 0 Å². The molecule has 4 nitrogen and oxygen atoms in total. The molecule has 1 rings (SSSR count). The third-order valence-electron chi connectivity index (χ3n) is 2.89. The summed E-state index contributed by atoms with van der Waals surface area (Å²) in [6.07, 6.45) is 2.67. The summed E-state index contributed by atoms with van der Waals surface area (Å²) < 4.78 is 5.12. The molecule has 0 bridgehead atoms. The number of carboxylic acids is 1. The molecule has 2 unspecified atom stereocenters. The summed E-state index contributed by atoms with van der Waals surface area (Å²) in [5.41, 5.74) is -0.959. The van der Waals surface area contributed by atoms with Gasteiger partial charge >= 0.3 is 5.97 Å². The molecule has 0 aliphatic heterocycles. The molecular formula is C9H16O4. The molecule has 4 heteroatoms. The van der Waals surface area contributed by atoms with E-state index in [1.807, 2.05) is 0 Å². The monoisotopic (exact) mass is 188 g/mol. The van der Waals surface area contributed by atoms with Crippen LogP contribution in [0.5, 0.6) is 0 Å². The van der Waals surface area contributed by atoms with Crippen LogP contribution in [0.1, 0.15) is 25.7 Å². The van der Waals surface area contributed by atoms with E-state index < -0.39 is 11.4 Å². The molecule has 0 spiro atoms. The molecule has 13 heavy (non-hydrogen) atoms. The Balaban J connectivity index is 2.69. The van der Waals surface area contributed by atoms with Crippen LogP contribution in [-0.4, -0.2) is 36.0 Å². The Kier molecular flexibility index (Phi) is 3.27. The topological polar surface area (TPSA) is 66.8 Å². The number of carboxylic acid groups (broad SMARTS) is 1. The Bertz CT molecular complexity index is 192. The Labute approximate surface area is 77.5 Å². The molecule has 1 aliphatic carbocycles. The molecule has 0 radical (unpaired) electrons. The zero-order valence-electron chi connectivity index (χ0n) is 7.82. The molecule has 76 valence electrons. The third kappa shape index (κ3) is 2.00. The second-order valence-electron chi connectivity index (χ2n) is 3.70. The van der Waals surface area contributed by atoms with E-state index in [4.69, 9.17) is 14.9 Å². The number of aliphatic hydroxyl groups is 1. The van der Waals surface area contributed by atoms with Crippen LogP contribution in [0, 0.1) is 5.41 Å². The fourth-order valence-electron chi connectivity index (χ4n) is 1.91. The maximum Gasteiger partial charge on any atom is 0.312 e. The Morgan fingerprint density at radius 2 is 2.38 bits per heavy atom. The van der Waals surface area contributed by atoms with Crippen LogP contribution in [0.25, 0.3) is 0 Å². The minimum Gasteiger partial charge on any atom is -0.481 e. The van der Waals surface area contributed by atoms with Gasteiger partial charge in [0.1, 0.15) is 0 Å². The second-order valence-corrected chi connectivity index (χ2v) is 3.70. The van der Waals surface area contributed by atoms with Gasteiger partial charge in [-0.3, -0.25) is 4.79 Å². The van der Waals surface area contributed by atoms with Gasteiger partial charge in [0, 0.05) is 7.11 Å². The standard InChI is InChI=1S/C9H16O4/c1-13-7-3-2-4-9(5-7,6-10)8(11)12/h7,10H,2-6H2,1H3,(H,11,12). The first-order valence-electron chi connectivity index (χ1n) is 4.52. The van der Waals surface area contributed by atoms with Gasteiger partial charge in [-0.1, -0.05) is 0 Å². The Hall–Kier alpha value is -0.610. The fourth-order valence-corrected chi connectivity index (χ4v) is 1.91.